The zero-order valence-corrected chi connectivity index (χ0v) is 13.8. The van der Waals surface area contributed by atoms with Crippen LogP contribution in [0.1, 0.15) is 29.8 Å². The minimum absolute atomic E-state index is 0.480. The van der Waals surface area contributed by atoms with Crippen LogP contribution in [0, 0.1) is 13.8 Å². The molecule has 0 bridgehead atoms. The van der Waals surface area contributed by atoms with Crippen LogP contribution in [0.15, 0.2) is 24.4 Å². The van der Waals surface area contributed by atoms with Crippen molar-refractivity contribution < 1.29 is 0 Å². The van der Waals surface area contributed by atoms with E-state index in [1.807, 2.05) is 25.1 Å². The Morgan fingerprint density at radius 3 is 2.74 bits per heavy atom. The van der Waals surface area contributed by atoms with Crippen LogP contribution in [0.3, 0.4) is 0 Å². The molecular weight excluding hydrogens is 288 g/mol. The number of pyridine rings is 1. The first kappa shape index (κ1) is 15.7. The van der Waals surface area contributed by atoms with E-state index in [1.165, 1.54) is 0 Å². The van der Waals surface area contributed by atoms with E-state index < -0.39 is 0 Å². The molecule has 0 saturated carbocycles. The van der Waals surface area contributed by atoms with Gasteiger partial charge in [0.1, 0.15) is 5.82 Å². The Morgan fingerprint density at radius 2 is 2.00 bits per heavy atom. The molecular formula is C17H24N6. The quantitative estimate of drug-likeness (QED) is 0.786. The molecule has 1 fully saturated rings. The Balaban J connectivity index is 1.70. The summed E-state index contributed by atoms with van der Waals surface area (Å²) in [5, 5.41) is 10.2. The van der Waals surface area contributed by atoms with Crippen molar-refractivity contribution in [1.82, 2.24) is 20.3 Å². The van der Waals surface area contributed by atoms with E-state index in [0.29, 0.717) is 18.5 Å². The third kappa shape index (κ3) is 4.16. The van der Waals surface area contributed by atoms with Gasteiger partial charge in [0, 0.05) is 23.5 Å². The molecule has 2 aromatic heterocycles. The highest BCUT2D eigenvalue weighted by molar-refractivity contribution is 5.50. The zero-order chi connectivity index (χ0) is 16.1. The second-order valence-electron chi connectivity index (χ2n) is 5.95. The molecule has 3 rings (SSSR count). The smallest absolute Gasteiger partial charge is 0.225 e. The number of hydrogen-bond donors (Lipinski definition) is 3. The number of nitrogens with one attached hydrogen (secondary N) is 3. The monoisotopic (exact) mass is 312 g/mol. The Labute approximate surface area is 137 Å². The largest absolute Gasteiger partial charge is 0.367 e. The number of aryl methyl sites for hydroxylation is 1. The third-order valence-corrected chi connectivity index (χ3v) is 4.22. The molecule has 0 radical (unpaired) electrons. The van der Waals surface area contributed by atoms with E-state index >= 15 is 0 Å². The van der Waals surface area contributed by atoms with Crippen molar-refractivity contribution in [3.63, 3.8) is 0 Å². The van der Waals surface area contributed by atoms with Crippen molar-refractivity contribution in [2.45, 2.75) is 39.3 Å². The van der Waals surface area contributed by atoms with Crippen LogP contribution in [-0.2, 0) is 6.54 Å². The molecule has 0 spiro atoms. The molecule has 3 heterocycles. The first-order valence-electron chi connectivity index (χ1n) is 8.18. The average Bonchev–Trinajstić information content (AvgIpc) is 2.59. The summed E-state index contributed by atoms with van der Waals surface area (Å²) in [5.74, 6) is 1.59. The summed E-state index contributed by atoms with van der Waals surface area (Å²) in [6.45, 7) is 6.84. The lowest BCUT2D eigenvalue weighted by Crippen LogP contribution is -2.35. The van der Waals surface area contributed by atoms with E-state index in [-0.39, 0.29) is 0 Å². The molecule has 0 amide bonds. The van der Waals surface area contributed by atoms with Crippen molar-refractivity contribution >= 4 is 11.8 Å². The molecule has 0 aliphatic carbocycles. The van der Waals surface area contributed by atoms with Gasteiger partial charge < -0.3 is 16.0 Å². The van der Waals surface area contributed by atoms with Gasteiger partial charge in [-0.25, -0.2) is 4.98 Å². The Bertz CT molecular complexity index is 637. The second kappa shape index (κ2) is 7.37. The number of aromatic nitrogens is 3. The Kier molecular flexibility index (Phi) is 5.02. The fourth-order valence-corrected chi connectivity index (χ4v) is 2.68. The Hall–Kier alpha value is -2.21. The van der Waals surface area contributed by atoms with Gasteiger partial charge in [-0.3, -0.25) is 4.98 Å². The zero-order valence-electron chi connectivity index (χ0n) is 13.8. The molecule has 0 aromatic carbocycles. The van der Waals surface area contributed by atoms with Gasteiger partial charge in [0.25, 0.3) is 0 Å². The summed E-state index contributed by atoms with van der Waals surface area (Å²) < 4.78 is 0. The molecule has 1 saturated heterocycles. The highest BCUT2D eigenvalue weighted by atomic mass is 15.2. The first-order valence-corrected chi connectivity index (χ1v) is 8.18. The molecule has 3 N–H and O–H groups in total. The number of anilines is 2. The van der Waals surface area contributed by atoms with Crippen LogP contribution >= 0.6 is 0 Å². The molecule has 1 aliphatic heterocycles. The minimum atomic E-state index is 0.480. The fourth-order valence-electron chi connectivity index (χ4n) is 2.68. The van der Waals surface area contributed by atoms with Gasteiger partial charge in [0.05, 0.1) is 12.2 Å². The summed E-state index contributed by atoms with van der Waals surface area (Å²) in [4.78, 5) is 13.5. The number of hydrogen-bond acceptors (Lipinski definition) is 6. The molecule has 0 unspecified atom stereocenters. The van der Waals surface area contributed by atoms with Crippen LogP contribution in [0.4, 0.5) is 11.8 Å². The van der Waals surface area contributed by atoms with Crippen molar-refractivity contribution in [2.24, 2.45) is 0 Å². The standard InChI is InChI=1S/C17H24N6/c1-12-13(2)21-17(20-11-15-5-3-4-8-19-15)23-16(12)22-14-6-9-18-10-7-14/h3-5,8,14,18H,6-7,9-11H2,1-2H3,(H2,20,21,22,23). The van der Waals surface area contributed by atoms with E-state index in [2.05, 4.69) is 37.8 Å². The first-order chi connectivity index (χ1) is 11.2. The van der Waals surface area contributed by atoms with Gasteiger partial charge in [-0.1, -0.05) is 6.07 Å². The maximum absolute atomic E-state index is 4.66. The Morgan fingerprint density at radius 1 is 1.17 bits per heavy atom. The molecule has 6 heteroatoms. The summed E-state index contributed by atoms with van der Waals surface area (Å²) >= 11 is 0. The molecule has 6 nitrogen and oxygen atoms in total. The van der Waals surface area contributed by atoms with E-state index in [0.717, 1.165) is 48.7 Å². The van der Waals surface area contributed by atoms with Gasteiger partial charge in [0.2, 0.25) is 5.95 Å². The van der Waals surface area contributed by atoms with E-state index in [9.17, 15) is 0 Å². The molecule has 122 valence electrons. The van der Waals surface area contributed by atoms with Crippen molar-refractivity contribution in [3.05, 3.63) is 41.3 Å². The summed E-state index contributed by atoms with van der Waals surface area (Å²) in [6, 6.07) is 6.36. The molecule has 1 aliphatic rings. The second-order valence-corrected chi connectivity index (χ2v) is 5.95. The van der Waals surface area contributed by atoms with Crippen molar-refractivity contribution in [1.29, 1.82) is 0 Å². The minimum Gasteiger partial charge on any atom is -0.367 e. The van der Waals surface area contributed by atoms with Crippen LogP contribution in [0.2, 0.25) is 0 Å². The number of piperidine rings is 1. The molecule has 0 atom stereocenters. The van der Waals surface area contributed by atoms with Crippen LogP contribution in [0.25, 0.3) is 0 Å². The summed E-state index contributed by atoms with van der Waals surface area (Å²) in [5.41, 5.74) is 3.09. The number of rotatable bonds is 5. The highest BCUT2D eigenvalue weighted by Gasteiger charge is 2.16. The lowest BCUT2D eigenvalue weighted by atomic mass is 10.1. The van der Waals surface area contributed by atoms with Crippen LogP contribution < -0.4 is 16.0 Å². The predicted octanol–water partition coefficient (Wildman–Crippen LogP) is 2.26. The van der Waals surface area contributed by atoms with Crippen molar-refractivity contribution in [3.8, 4) is 0 Å². The van der Waals surface area contributed by atoms with Crippen LogP contribution in [-0.4, -0.2) is 34.1 Å². The number of nitrogens with zero attached hydrogens (tertiary/aromatic N) is 3. The van der Waals surface area contributed by atoms with Gasteiger partial charge >= 0.3 is 0 Å². The fraction of sp³-hybridized carbons (Fsp3) is 0.471. The van der Waals surface area contributed by atoms with E-state index in [1.54, 1.807) is 6.20 Å². The van der Waals surface area contributed by atoms with Crippen LogP contribution in [0.5, 0.6) is 0 Å². The van der Waals surface area contributed by atoms with Crippen molar-refractivity contribution in [2.75, 3.05) is 23.7 Å². The van der Waals surface area contributed by atoms with Gasteiger partial charge in [-0.2, -0.15) is 4.98 Å². The molecule has 23 heavy (non-hydrogen) atoms. The summed E-state index contributed by atoms with van der Waals surface area (Å²) in [6.07, 6.45) is 4.04. The predicted molar refractivity (Wildman–Crippen MR) is 92.6 cm³/mol. The van der Waals surface area contributed by atoms with Gasteiger partial charge in [-0.15, -0.1) is 0 Å². The average molecular weight is 312 g/mol. The normalized spacial score (nSPS) is 15.4. The molecule has 2 aromatic rings. The highest BCUT2D eigenvalue weighted by Crippen LogP contribution is 2.20. The lowest BCUT2D eigenvalue weighted by Gasteiger charge is -2.25. The van der Waals surface area contributed by atoms with Gasteiger partial charge in [0.15, 0.2) is 0 Å². The van der Waals surface area contributed by atoms with Gasteiger partial charge in [-0.05, 0) is 51.9 Å². The summed E-state index contributed by atoms with van der Waals surface area (Å²) in [7, 11) is 0. The lowest BCUT2D eigenvalue weighted by molar-refractivity contribution is 0.478. The maximum Gasteiger partial charge on any atom is 0.225 e. The third-order valence-electron chi connectivity index (χ3n) is 4.22. The topological polar surface area (TPSA) is 74.8 Å². The maximum atomic E-state index is 4.66. The SMILES string of the molecule is Cc1nc(NCc2ccccn2)nc(NC2CCNCC2)c1C. The van der Waals surface area contributed by atoms with E-state index in [4.69, 9.17) is 0 Å².